The summed E-state index contributed by atoms with van der Waals surface area (Å²) in [6, 6.07) is 10.3. The Morgan fingerprint density at radius 1 is 1.08 bits per heavy atom. The van der Waals surface area contributed by atoms with Crippen molar-refractivity contribution in [2.45, 2.75) is 19.3 Å². The van der Waals surface area contributed by atoms with Gasteiger partial charge >= 0.3 is 0 Å². The van der Waals surface area contributed by atoms with Crippen LogP contribution in [0.1, 0.15) is 39.2 Å². The molecule has 2 heterocycles. The fraction of sp³-hybridized carbons (Fsp3) is 0.316. The zero-order chi connectivity index (χ0) is 16.0. The zero-order valence-corrected chi connectivity index (χ0v) is 15.2. The van der Waals surface area contributed by atoms with Crippen molar-refractivity contribution in [3.8, 4) is 0 Å². The number of halogens is 1. The molecule has 0 amide bonds. The Balaban J connectivity index is 0.00000169. The number of thiophene rings is 1. The van der Waals surface area contributed by atoms with Crippen LogP contribution in [0.5, 0.6) is 0 Å². The normalized spacial score (nSPS) is 23.2. The molecule has 0 N–H and O–H groups in total. The molecule has 1 aliphatic heterocycles. The molecule has 0 unspecified atom stereocenters. The molecular weight excluding hydrogens is 342 g/mol. The van der Waals surface area contributed by atoms with E-state index in [0.717, 1.165) is 28.8 Å². The van der Waals surface area contributed by atoms with E-state index in [4.69, 9.17) is 0 Å². The van der Waals surface area contributed by atoms with Crippen molar-refractivity contribution in [2.24, 2.45) is 0 Å². The van der Waals surface area contributed by atoms with E-state index in [1.807, 2.05) is 17.5 Å². The molecule has 3 nitrogen and oxygen atoms in total. The van der Waals surface area contributed by atoms with Crippen LogP contribution in [0.4, 0.5) is 0 Å². The average Bonchev–Trinajstić information content (AvgIpc) is 2.96. The maximum Gasteiger partial charge on any atom is 0.177 e. The molecule has 0 spiro atoms. The maximum atomic E-state index is 12.6. The Morgan fingerprint density at radius 2 is 1.79 bits per heavy atom. The Kier molecular flexibility index (Phi) is 4.67. The SMILES string of the molecule is C[N+]1([O-])CCC(=C2c3ccccc3CC(=O)c3sccc32)CC1.Cl. The quantitative estimate of drug-likeness (QED) is 0.513. The Morgan fingerprint density at radius 3 is 2.54 bits per heavy atom. The molecule has 1 aromatic heterocycles. The van der Waals surface area contributed by atoms with E-state index in [1.165, 1.54) is 28.0 Å². The van der Waals surface area contributed by atoms with E-state index >= 15 is 0 Å². The summed E-state index contributed by atoms with van der Waals surface area (Å²) < 4.78 is -0.159. The lowest BCUT2D eigenvalue weighted by molar-refractivity contribution is -0.863. The van der Waals surface area contributed by atoms with Gasteiger partial charge in [0.1, 0.15) is 0 Å². The predicted octanol–water partition coefficient (Wildman–Crippen LogP) is 4.45. The standard InChI is InChI=1S/C19H19NO2S.ClH/c1-20(22)9-6-13(7-10-20)18-15-5-3-2-4-14(15)12-17(21)19-16(18)8-11-23-19;/h2-5,8,11H,6-7,9-10,12H2,1H3;1H. The Bertz CT molecular complexity index is 810. The van der Waals surface area contributed by atoms with Crippen LogP contribution >= 0.6 is 23.7 Å². The third-order valence-corrected chi connectivity index (χ3v) is 5.91. The number of carbonyl (C=O) groups excluding carboxylic acids is 1. The van der Waals surface area contributed by atoms with Crippen molar-refractivity contribution < 1.29 is 9.44 Å². The van der Waals surface area contributed by atoms with Gasteiger partial charge in [-0.1, -0.05) is 29.8 Å². The van der Waals surface area contributed by atoms with Gasteiger partial charge in [0.05, 0.1) is 25.0 Å². The molecular formula is C19H20ClNO2S. The van der Waals surface area contributed by atoms with Gasteiger partial charge in [0, 0.05) is 24.8 Å². The number of hydroxylamine groups is 3. The number of carbonyl (C=O) groups is 1. The molecule has 126 valence electrons. The first-order chi connectivity index (χ1) is 11.1. The van der Waals surface area contributed by atoms with Crippen LogP contribution in [0.2, 0.25) is 0 Å². The van der Waals surface area contributed by atoms with Crippen LogP contribution < -0.4 is 0 Å². The summed E-state index contributed by atoms with van der Waals surface area (Å²) in [5, 5.41) is 14.2. The molecule has 1 aromatic carbocycles. The third-order valence-electron chi connectivity index (χ3n) is 4.95. The molecule has 4 rings (SSSR count). The van der Waals surface area contributed by atoms with Gasteiger partial charge < -0.3 is 9.85 Å². The number of hydrogen-bond donors (Lipinski definition) is 0. The topological polar surface area (TPSA) is 40.1 Å². The van der Waals surface area contributed by atoms with Gasteiger partial charge in [0.2, 0.25) is 0 Å². The van der Waals surface area contributed by atoms with E-state index in [-0.39, 0.29) is 22.8 Å². The molecule has 2 aromatic rings. The van der Waals surface area contributed by atoms with Gasteiger partial charge in [0.25, 0.3) is 0 Å². The number of likely N-dealkylation sites (tertiary alicyclic amines) is 1. The maximum absolute atomic E-state index is 12.6. The number of rotatable bonds is 0. The number of ketones is 1. The summed E-state index contributed by atoms with van der Waals surface area (Å²) in [5.41, 5.74) is 5.89. The largest absolute Gasteiger partial charge is 0.633 e. The minimum absolute atomic E-state index is 0. The fourth-order valence-electron chi connectivity index (χ4n) is 3.65. The van der Waals surface area contributed by atoms with E-state index in [1.54, 1.807) is 7.05 Å². The highest BCUT2D eigenvalue weighted by Crippen LogP contribution is 2.40. The van der Waals surface area contributed by atoms with E-state index < -0.39 is 0 Å². The summed E-state index contributed by atoms with van der Waals surface area (Å²) in [5.74, 6) is 0.207. The highest BCUT2D eigenvalue weighted by Gasteiger charge is 2.29. The van der Waals surface area contributed by atoms with Crippen LogP contribution in [0.25, 0.3) is 5.57 Å². The molecule has 5 heteroatoms. The summed E-state index contributed by atoms with van der Waals surface area (Å²) in [6.45, 7) is 1.24. The van der Waals surface area contributed by atoms with Crippen molar-refractivity contribution in [1.82, 2.24) is 0 Å². The van der Waals surface area contributed by atoms with Gasteiger partial charge in [-0.25, -0.2) is 0 Å². The zero-order valence-electron chi connectivity index (χ0n) is 13.6. The van der Waals surface area contributed by atoms with Crippen LogP contribution in [0.15, 0.2) is 41.3 Å². The highest BCUT2D eigenvalue weighted by molar-refractivity contribution is 7.12. The molecule has 1 fully saturated rings. The molecule has 24 heavy (non-hydrogen) atoms. The average molecular weight is 362 g/mol. The lowest BCUT2D eigenvalue weighted by Crippen LogP contribution is -2.42. The molecule has 0 saturated carbocycles. The van der Waals surface area contributed by atoms with Crippen molar-refractivity contribution >= 4 is 35.1 Å². The first-order valence-electron chi connectivity index (χ1n) is 8.02. The van der Waals surface area contributed by atoms with E-state index in [9.17, 15) is 10.0 Å². The van der Waals surface area contributed by atoms with Crippen molar-refractivity contribution in [2.75, 3.05) is 20.1 Å². The van der Waals surface area contributed by atoms with Crippen LogP contribution in [-0.4, -0.2) is 30.6 Å². The van der Waals surface area contributed by atoms with Gasteiger partial charge in [-0.2, -0.15) is 0 Å². The van der Waals surface area contributed by atoms with Crippen LogP contribution in [0, 0.1) is 5.21 Å². The third kappa shape index (κ3) is 2.95. The Labute approximate surface area is 152 Å². The fourth-order valence-corrected chi connectivity index (χ4v) is 4.49. The van der Waals surface area contributed by atoms with E-state index in [2.05, 4.69) is 18.2 Å². The molecule has 1 saturated heterocycles. The van der Waals surface area contributed by atoms with Crippen molar-refractivity contribution in [3.05, 3.63) is 68.1 Å². The Hall–Kier alpha value is -1.46. The van der Waals surface area contributed by atoms with E-state index in [0.29, 0.717) is 19.5 Å². The lowest BCUT2D eigenvalue weighted by atomic mass is 9.87. The molecule has 2 aliphatic rings. The monoisotopic (exact) mass is 361 g/mol. The number of benzene rings is 1. The van der Waals surface area contributed by atoms with Gasteiger partial charge in [0.15, 0.2) is 5.78 Å². The van der Waals surface area contributed by atoms with Gasteiger partial charge in [-0.05, 0) is 28.1 Å². The second kappa shape index (κ2) is 6.45. The number of piperidine rings is 1. The molecule has 0 radical (unpaired) electrons. The number of Topliss-reactive ketones (excluding diaryl/α,β-unsaturated/α-hetero) is 1. The predicted molar refractivity (Wildman–Crippen MR) is 101 cm³/mol. The second-order valence-corrected chi connectivity index (χ2v) is 7.56. The van der Waals surface area contributed by atoms with Crippen LogP contribution in [-0.2, 0) is 6.42 Å². The summed E-state index contributed by atoms with van der Waals surface area (Å²) in [6.07, 6.45) is 2.09. The smallest absolute Gasteiger partial charge is 0.177 e. The van der Waals surface area contributed by atoms with Crippen molar-refractivity contribution in [1.29, 1.82) is 0 Å². The lowest BCUT2D eigenvalue weighted by Gasteiger charge is -2.42. The number of hydrogen-bond acceptors (Lipinski definition) is 3. The minimum atomic E-state index is -0.159. The van der Waals surface area contributed by atoms with Crippen LogP contribution in [0.3, 0.4) is 0 Å². The number of nitrogens with zero attached hydrogens (tertiary/aromatic N) is 1. The second-order valence-electron chi connectivity index (χ2n) is 6.64. The molecule has 1 aliphatic carbocycles. The summed E-state index contributed by atoms with van der Waals surface area (Å²) in [4.78, 5) is 13.5. The number of quaternary nitrogens is 1. The first kappa shape index (κ1) is 17.4. The summed E-state index contributed by atoms with van der Waals surface area (Å²) in [7, 11) is 1.75. The summed E-state index contributed by atoms with van der Waals surface area (Å²) >= 11 is 1.54. The highest BCUT2D eigenvalue weighted by atomic mass is 35.5. The molecule has 0 bridgehead atoms. The molecule has 0 atom stereocenters. The van der Waals surface area contributed by atoms with Gasteiger partial charge in [-0.15, -0.1) is 23.7 Å². The first-order valence-corrected chi connectivity index (χ1v) is 8.90. The van der Waals surface area contributed by atoms with Gasteiger partial charge in [-0.3, -0.25) is 4.79 Å². The minimum Gasteiger partial charge on any atom is -0.633 e. The van der Waals surface area contributed by atoms with Crippen molar-refractivity contribution in [3.63, 3.8) is 0 Å². The number of fused-ring (bicyclic) bond motifs is 2.